The summed E-state index contributed by atoms with van der Waals surface area (Å²) >= 11 is 0. The highest BCUT2D eigenvalue weighted by Crippen LogP contribution is 2.31. The molecule has 0 saturated carbocycles. The zero-order chi connectivity index (χ0) is 15.2. The SMILES string of the molecule is C=CCN(CC(=O)O)C(=O)N1CCCOc2ccccc21. The van der Waals surface area contributed by atoms with Crippen molar-refractivity contribution in [1.29, 1.82) is 0 Å². The number of urea groups is 1. The molecule has 0 radical (unpaired) electrons. The van der Waals surface area contributed by atoms with E-state index >= 15 is 0 Å². The van der Waals surface area contributed by atoms with E-state index in [0.29, 0.717) is 31.0 Å². The second kappa shape index (κ2) is 6.78. The Bertz CT molecular complexity index is 544. The van der Waals surface area contributed by atoms with Crippen molar-refractivity contribution in [3.63, 3.8) is 0 Å². The summed E-state index contributed by atoms with van der Waals surface area (Å²) in [4.78, 5) is 26.3. The molecule has 0 atom stereocenters. The number of carboxylic acids is 1. The number of ether oxygens (including phenoxy) is 1. The van der Waals surface area contributed by atoms with E-state index in [1.165, 1.54) is 11.0 Å². The lowest BCUT2D eigenvalue weighted by Crippen LogP contribution is -2.45. The summed E-state index contributed by atoms with van der Waals surface area (Å²) in [5.41, 5.74) is 0.666. The van der Waals surface area contributed by atoms with Gasteiger partial charge >= 0.3 is 12.0 Å². The van der Waals surface area contributed by atoms with Crippen LogP contribution in [0.3, 0.4) is 0 Å². The van der Waals surface area contributed by atoms with Crippen LogP contribution in [0, 0.1) is 0 Å². The average Bonchev–Trinajstić information content (AvgIpc) is 2.68. The fourth-order valence-corrected chi connectivity index (χ4v) is 2.23. The molecule has 0 fully saturated rings. The zero-order valence-electron chi connectivity index (χ0n) is 11.7. The molecule has 21 heavy (non-hydrogen) atoms. The number of para-hydroxylation sites is 2. The quantitative estimate of drug-likeness (QED) is 0.861. The topological polar surface area (TPSA) is 70.1 Å². The minimum atomic E-state index is -1.05. The summed E-state index contributed by atoms with van der Waals surface area (Å²) in [7, 11) is 0. The van der Waals surface area contributed by atoms with E-state index in [4.69, 9.17) is 9.84 Å². The molecular formula is C15H18N2O4. The van der Waals surface area contributed by atoms with Crippen molar-refractivity contribution >= 4 is 17.7 Å². The van der Waals surface area contributed by atoms with Gasteiger partial charge in [-0.05, 0) is 18.6 Å². The highest BCUT2D eigenvalue weighted by Gasteiger charge is 2.26. The minimum Gasteiger partial charge on any atom is -0.491 e. The molecule has 0 spiro atoms. The second-order valence-electron chi connectivity index (χ2n) is 4.67. The first kappa shape index (κ1) is 14.9. The smallest absolute Gasteiger partial charge is 0.325 e. The summed E-state index contributed by atoms with van der Waals surface area (Å²) in [6, 6.07) is 6.91. The van der Waals surface area contributed by atoms with Crippen molar-refractivity contribution in [2.24, 2.45) is 0 Å². The number of nitrogens with zero attached hydrogens (tertiary/aromatic N) is 2. The van der Waals surface area contributed by atoms with Crippen LogP contribution in [-0.4, -0.2) is 48.2 Å². The fraction of sp³-hybridized carbons (Fsp3) is 0.333. The number of aliphatic carboxylic acids is 1. The Labute approximate surface area is 123 Å². The Balaban J connectivity index is 2.28. The third-order valence-corrected chi connectivity index (χ3v) is 3.12. The number of hydrogen-bond donors (Lipinski definition) is 1. The largest absolute Gasteiger partial charge is 0.491 e. The number of anilines is 1. The molecule has 6 heteroatoms. The number of rotatable bonds is 4. The summed E-state index contributed by atoms with van der Waals surface area (Å²) in [6.45, 7) is 4.41. The standard InChI is InChI=1S/C15H18N2O4/c1-2-8-16(11-14(18)19)15(20)17-9-5-10-21-13-7-4-3-6-12(13)17/h2-4,6-7H,1,5,8-11H2,(H,18,19). The molecule has 0 aromatic heterocycles. The Morgan fingerprint density at radius 2 is 2.19 bits per heavy atom. The van der Waals surface area contributed by atoms with Crippen LogP contribution >= 0.6 is 0 Å². The highest BCUT2D eigenvalue weighted by molar-refractivity contribution is 5.95. The van der Waals surface area contributed by atoms with E-state index in [9.17, 15) is 9.59 Å². The molecule has 0 unspecified atom stereocenters. The minimum absolute atomic E-state index is 0.185. The number of carbonyl (C=O) groups is 2. The summed E-state index contributed by atoms with van der Waals surface area (Å²) in [5.74, 6) is -0.415. The lowest BCUT2D eigenvalue weighted by molar-refractivity contribution is -0.137. The molecule has 1 aromatic rings. The maximum absolute atomic E-state index is 12.6. The van der Waals surface area contributed by atoms with E-state index in [1.807, 2.05) is 12.1 Å². The summed E-state index contributed by atoms with van der Waals surface area (Å²) in [6.07, 6.45) is 2.20. The van der Waals surface area contributed by atoms with Gasteiger partial charge in [0, 0.05) is 13.1 Å². The van der Waals surface area contributed by atoms with E-state index in [1.54, 1.807) is 17.0 Å². The average molecular weight is 290 g/mol. The van der Waals surface area contributed by atoms with Crippen LogP contribution in [0.15, 0.2) is 36.9 Å². The Kier molecular flexibility index (Phi) is 4.81. The number of fused-ring (bicyclic) bond motifs is 1. The lowest BCUT2D eigenvalue weighted by Gasteiger charge is -2.28. The van der Waals surface area contributed by atoms with Crippen LogP contribution in [-0.2, 0) is 4.79 Å². The summed E-state index contributed by atoms with van der Waals surface area (Å²) in [5, 5.41) is 8.94. The third-order valence-electron chi connectivity index (χ3n) is 3.12. The molecule has 1 heterocycles. The molecule has 1 aliphatic heterocycles. The molecule has 1 aliphatic rings. The number of amides is 2. The van der Waals surface area contributed by atoms with E-state index in [0.717, 1.165) is 0 Å². The van der Waals surface area contributed by atoms with Crippen molar-refractivity contribution < 1.29 is 19.4 Å². The van der Waals surface area contributed by atoms with Gasteiger partial charge < -0.3 is 14.7 Å². The van der Waals surface area contributed by atoms with Crippen molar-refractivity contribution in [3.8, 4) is 5.75 Å². The van der Waals surface area contributed by atoms with Gasteiger partial charge in [0.15, 0.2) is 0 Å². The van der Waals surface area contributed by atoms with Crippen LogP contribution < -0.4 is 9.64 Å². The first-order chi connectivity index (χ1) is 10.1. The van der Waals surface area contributed by atoms with Crippen LogP contribution in [0.1, 0.15) is 6.42 Å². The van der Waals surface area contributed by atoms with E-state index in [-0.39, 0.29) is 19.1 Å². The molecule has 0 aliphatic carbocycles. The maximum atomic E-state index is 12.6. The molecule has 6 nitrogen and oxygen atoms in total. The summed E-state index contributed by atoms with van der Waals surface area (Å²) < 4.78 is 5.60. The predicted octanol–water partition coefficient (Wildman–Crippen LogP) is 1.97. The Morgan fingerprint density at radius 3 is 2.90 bits per heavy atom. The number of carbonyl (C=O) groups excluding carboxylic acids is 1. The molecular weight excluding hydrogens is 272 g/mol. The van der Waals surface area contributed by atoms with Gasteiger partial charge in [0.2, 0.25) is 0 Å². The van der Waals surface area contributed by atoms with Gasteiger partial charge in [0.1, 0.15) is 12.3 Å². The second-order valence-corrected chi connectivity index (χ2v) is 4.67. The van der Waals surface area contributed by atoms with Crippen molar-refractivity contribution in [2.75, 3.05) is 31.1 Å². The van der Waals surface area contributed by atoms with Crippen LogP contribution in [0.2, 0.25) is 0 Å². The predicted molar refractivity (Wildman–Crippen MR) is 78.7 cm³/mol. The maximum Gasteiger partial charge on any atom is 0.325 e. The van der Waals surface area contributed by atoms with Gasteiger partial charge in [-0.15, -0.1) is 6.58 Å². The molecule has 112 valence electrons. The highest BCUT2D eigenvalue weighted by atomic mass is 16.5. The number of benzene rings is 1. The molecule has 1 aromatic carbocycles. The molecule has 1 N–H and O–H groups in total. The number of carboxylic acid groups (broad SMARTS) is 1. The van der Waals surface area contributed by atoms with Gasteiger partial charge in [-0.1, -0.05) is 18.2 Å². The van der Waals surface area contributed by atoms with Gasteiger partial charge in [0.05, 0.1) is 12.3 Å². The van der Waals surface area contributed by atoms with Crippen LogP contribution in [0.5, 0.6) is 5.75 Å². The van der Waals surface area contributed by atoms with Crippen molar-refractivity contribution in [1.82, 2.24) is 4.90 Å². The van der Waals surface area contributed by atoms with Gasteiger partial charge in [-0.25, -0.2) is 4.79 Å². The molecule has 2 rings (SSSR count). The first-order valence-corrected chi connectivity index (χ1v) is 6.74. The zero-order valence-corrected chi connectivity index (χ0v) is 11.7. The van der Waals surface area contributed by atoms with Gasteiger partial charge in [-0.3, -0.25) is 9.69 Å². The van der Waals surface area contributed by atoms with Gasteiger partial charge in [0.25, 0.3) is 0 Å². The van der Waals surface area contributed by atoms with E-state index in [2.05, 4.69) is 6.58 Å². The monoisotopic (exact) mass is 290 g/mol. The third kappa shape index (κ3) is 3.53. The molecule has 0 saturated heterocycles. The van der Waals surface area contributed by atoms with Gasteiger partial charge in [-0.2, -0.15) is 0 Å². The van der Waals surface area contributed by atoms with E-state index < -0.39 is 5.97 Å². The fourth-order valence-electron chi connectivity index (χ4n) is 2.23. The van der Waals surface area contributed by atoms with Crippen LogP contribution in [0.25, 0.3) is 0 Å². The normalized spacial score (nSPS) is 13.6. The Morgan fingerprint density at radius 1 is 1.43 bits per heavy atom. The lowest BCUT2D eigenvalue weighted by atomic mass is 10.2. The van der Waals surface area contributed by atoms with Crippen molar-refractivity contribution in [2.45, 2.75) is 6.42 Å². The number of hydrogen-bond acceptors (Lipinski definition) is 3. The first-order valence-electron chi connectivity index (χ1n) is 6.74. The van der Waals surface area contributed by atoms with Crippen LogP contribution in [0.4, 0.5) is 10.5 Å². The Hall–Kier alpha value is -2.50. The molecule has 2 amide bonds. The molecule has 0 bridgehead atoms. The van der Waals surface area contributed by atoms with Crippen molar-refractivity contribution in [3.05, 3.63) is 36.9 Å².